The fourth-order valence-corrected chi connectivity index (χ4v) is 13.4. The van der Waals surface area contributed by atoms with E-state index in [9.17, 15) is 4.79 Å². The first-order chi connectivity index (χ1) is 26.8. The Hall–Kier alpha value is -1.31. The van der Waals surface area contributed by atoms with E-state index in [4.69, 9.17) is 4.74 Å². The zero-order valence-electron chi connectivity index (χ0n) is 39.1. The minimum absolute atomic E-state index is 0.0109. The van der Waals surface area contributed by atoms with Crippen molar-refractivity contribution in [3.63, 3.8) is 0 Å². The lowest BCUT2D eigenvalue weighted by Gasteiger charge is -2.62. The van der Waals surface area contributed by atoms with Crippen molar-refractivity contribution in [3.05, 3.63) is 34.9 Å². The minimum Gasteiger partial charge on any atom is -0.459 e. The van der Waals surface area contributed by atoms with Gasteiger partial charge in [0.15, 0.2) is 0 Å². The Morgan fingerprint density at radius 1 is 0.679 bits per heavy atom. The molecule has 0 radical (unpaired) electrons. The Kier molecular flexibility index (Phi) is 19.4. The molecule has 0 heterocycles. The number of hydrogen-bond acceptors (Lipinski definition) is 2. The van der Waals surface area contributed by atoms with Crippen molar-refractivity contribution in [3.8, 4) is 0 Å². The summed E-state index contributed by atoms with van der Waals surface area (Å²) in [5.41, 5.74) is 6.15. The SMILES string of the molecule is CCCCCCCCCCCCCCCCCCCCCC=CC(=O)OC1CC[C@]2(C)C3=C(CCC2C1(C)C)[C@]1(C)CC[C@H]([C@H](C)CCC=C(C)C)[C@]1(C)CC3. The number of fused-ring (bicyclic) bond motifs is 4. The van der Waals surface area contributed by atoms with Gasteiger partial charge in [0.05, 0.1) is 0 Å². The first kappa shape index (κ1) is 47.4. The number of rotatable bonds is 26. The maximum Gasteiger partial charge on any atom is 0.330 e. The fraction of sp³-hybridized carbons (Fsp3) is 0.870. The van der Waals surface area contributed by atoms with Gasteiger partial charge in [0.1, 0.15) is 6.10 Å². The third-order valence-electron chi connectivity index (χ3n) is 17.1. The molecule has 0 aliphatic heterocycles. The number of allylic oxidation sites excluding steroid dienone is 5. The van der Waals surface area contributed by atoms with Gasteiger partial charge in [-0.15, -0.1) is 0 Å². The maximum atomic E-state index is 13.1. The van der Waals surface area contributed by atoms with Crippen molar-refractivity contribution in [1.82, 2.24) is 0 Å². The van der Waals surface area contributed by atoms with Crippen LogP contribution in [0.5, 0.6) is 0 Å². The van der Waals surface area contributed by atoms with E-state index in [1.807, 2.05) is 11.1 Å². The van der Waals surface area contributed by atoms with Crippen LogP contribution in [0.2, 0.25) is 0 Å². The molecular formula is C54H94O2. The number of carbonyl (C=O) groups excluding carboxylic acids is 1. The van der Waals surface area contributed by atoms with Crippen LogP contribution in [-0.4, -0.2) is 12.1 Å². The second-order valence-corrected chi connectivity index (χ2v) is 21.5. The monoisotopic (exact) mass is 775 g/mol. The van der Waals surface area contributed by atoms with Crippen molar-refractivity contribution >= 4 is 5.97 Å². The number of ether oxygens (including phenoxy) is 1. The topological polar surface area (TPSA) is 26.3 Å². The maximum absolute atomic E-state index is 13.1. The van der Waals surface area contributed by atoms with E-state index < -0.39 is 0 Å². The van der Waals surface area contributed by atoms with E-state index in [-0.39, 0.29) is 22.9 Å². The Bertz CT molecular complexity index is 1260. The summed E-state index contributed by atoms with van der Waals surface area (Å²) in [6.07, 6.45) is 46.6. The summed E-state index contributed by atoms with van der Waals surface area (Å²) in [4.78, 5) is 13.1. The molecule has 0 aromatic heterocycles. The fourth-order valence-electron chi connectivity index (χ4n) is 13.4. The highest BCUT2D eigenvalue weighted by atomic mass is 16.5. The van der Waals surface area contributed by atoms with Gasteiger partial charge in [-0.2, -0.15) is 0 Å². The van der Waals surface area contributed by atoms with Crippen LogP contribution in [-0.2, 0) is 9.53 Å². The first-order valence-electron chi connectivity index (χ1n) is 25.0. The minimum atomic E-state index is -0.114. The lowest BCUT2D eigenvalue weighted by Crippen LogP contribution is -2.55. The molecule has 0 amide bonds. The molecule has 2 fully saturated rings. The van der Waals surface area contributed by atoms with Gasteiger partial charge in [-0.3, -0.25) is 0 Å². The Morgan fingerprint density at radius 3 is 1.79 bits per heavy atom. The zero-order valence-corrected chi connectivity index (χ0v) is 39.1. The third-order valence-corrected chi connectivity index (χ3v) is 17.1. The predicted octanol–water partition coefficient (Wildman–Crippen LogP) is 17.4. The van der Waals surface area contributed by atoms with Crippen molar-refractivity contribution < 1.29 is 9.53 Å². The van der Waals surface area contributed by atoms with Crippen LogP contribution in [0.4, 0.5) is 0 Å². The van der Waals surface area contributed by atoms with Crippen LogP contribution in [0.1, 0.15) is 255 Å². The molecule has 2 nitrogen and oxygen atoms in total. The van der Waals surface area contributed by atoms with Gasteiger partial charge in [0, 0.05) is 11.5 Å². The molecule has 2 unspecified atom stereocenters. The molecule has 322 valence electrons. The van der Waals surface area contributed by atoms with Crippen LogP contribution in [0, 0.1) is 39.4 Å². The average Bonchev–Trinajstić information content (AvgIpc) is 3.44. The number of carbonyl (C=O) groups is 1. The van der Waals surface area contributed by atoms with E-state index in [0.717, 1.165) is 31.1 Å². The molecule has 4 aliphatic carbocycles. The van der Waals surface area contributed by atoms with Gasteiger partial charge in [-0.25, -0.2) is 4.79 Å². The smallest absolute Gasteiger partial charge is 0.330 e. The molecule has 56 heavy (non-hydrogen) atoms. The van der Waals surface area contributed by atoms with Gasteiger partial charge in [-0.1, -0.05) is 193 Å². The van der Waals surface area contributed by atoms with E-state index in [0.29, 0.717) is 16.7 Å². The van der Waals surface area contributed by atoms with E-state index in [1.165, 1.54) is 179 Å². The summed E-state index contributed by atoms with van der Waals surface area (Å²) in [6, 6.07) is 0. The summed E-state index contributed by atoms with van der Waals surface area (Å²) in [7, 11) is 0. The predicted molar refractivity (Wildman–Crippen MR) is 244 cm³/mol. The molecule has 4 aliphatic rings. The number of unbranched alkanes of at least 4 members (excludes halogenated alkanes) is 19. The van der Waals surface area contributed by atoms with Crippen molar-refractivity contribution in [1.29, 1.82) is 0 Å². The summed E-state index contributed by atoms with van der Waals surface area (Å²) >= 11 is 0. The van der Waals surface area contributed by atoms with Gasteiger partial charge >= 0.3 is 5.97 Å². The normalized spacial score (nSPS) is 30.2. The number of esters is 1. The molecule has 0 saturated heterocycles. The van der Waals surface area contributed by atoms with Crippen molar-refractivity contribution in [2.24, 2.45) is 39.4 Å². The molecular weight excluding hydrogens is 681 g/mol. The largest absolute Gasteiger partial charge is 0.459 e. The van der Waals surface area contributed by atoms with Gasteiger partial charge in [-0.05, 0) is 125 Å². The van der Waals surface area contributed by atoms with Crippen LogP contribution in [0.3, 0.4) is 0 Å². The van der Waals surface area contributed by atoms with Crippen molar-refractivity contribution in [2.45, 2.75) is 261 Å². The Labute approximate surface area is 349 Å². The Balaban J connectivity index is 1.11. The highest BCUT2D eigenvalue weighted by Crippen LogP contribution is 2.72. The Morgan fingerprint density at radius 2 is 1.23 bits per heavy atom. The lowest BCUT2D eigenvalue weighted by atomic mass is 9.43. The molecule has 2 saturated carbocycles. The van der Waals surface area contributed by atoms with E-state index >= 15 is 0 Å². The third kappa shape index (κ3) is 12.1. The summed E-state index contributed by atoms with van der Waals surface area (Å²) in [5, 5.41) is 0. The molecule has 0 N–H and O–H groups in total. The van der Waals surface area contributed by atoms with Gasteiger partial charge < -0.3 is 4.74 Å². The second kappa shape index (κ2) is 22.9. The highest BCUT2D eigenvalue weighted by molar-refractivity contribution is 5.82. The quantitative estimate of drug-likeness (QED) is 0.0379. The lowest BCUT2D eigenvalue weighted by molar-refractivity contribution is -0.164. The zero-order chi connectivity index (χ0) is 40.7. The summed E-state index contributed by atoms with van der Waals surface area (Å²) in [6.45, 7) is 22.2. The van der Waals surface area contributed by atoms with Crippen LogP contribution in [0.15, 0.2) is 34.9 Å². The first-order valence-corrected chi connectivity index (χ1v) is 25.0. The standard InChI is InChI=1S/C54H94O2/c1-10-11-12-13-14-15-16-17-18-19-20-21-22-23-24-25-26-27-28-29-30-34-50(55)56-49-39-40-52(7)46-38-42-53(8)45(44(4)33-31-32-43(2)3)37-41-54(53,9)47(46)35-36-48(52)51(49,5)6/h30,32,34,44-45,48-49H,10-29,31,33,35-42H2,1-9H3/t44-,45-,48?,49?,52-,53+,54+/m1/s1. The molecule has 0 aromatic rings. The van der Waals surface area contributed by atoms with E-state index in [1.54, 1.807) is 6.08 Å². The molecule has 2 heteroatoms. The van der Waals surface area contributed by atoms with Crippen LogP contribution in [0.25, 0.3) is 0 Å². The molecule has 4 rings (SSSR count). The van der Waals surface area contributed by atoms with Gasteiger partial charge in [0.25, 0.3) is 0 Å². The van der Waals surface area contributed by atoms with Crippen LogP contribution >= 0.6 is 0 Å². The summed E-state index contributed by atoms with van der Waals surface area (Å²) < 4.78 is 6.33. The number of hydrogen-bond donors (Lipinski definition) is 0. The van der Waals surface area contributed by atoms with Crippen molar-refractivity contribution in [2.75, 3.05) is 0 Å². The molecule has 0 aromatic carbocycles. The molecule has 7 atom stereocenters. The average molecular weight is 775 g/mol. The van der Waals surface area contributed by atoms with Crippen LogP contribution < -0.4 is 0 Å². The second-order valence-electron chi connectivity index (χ2n) is 21.5. The molecule has 0 spiro atoms. The molecule has 0 bridgehead atoms. The van der Waals surface area contributed by atoms with Gasteiger partial charge in [0.2, 0.25) is 0 Å². The van der Waals surface area contributed by atoms with E-state index in [2.05, 4.69) is 74.5 Å². The highest BCUT2D eigenvalue weighted by Gasteiger charge is 2.63. The summed E-state index contributed by atoms with van der Waals surface area (Å²) in [5.74, 6) is 2.08.